The molecular weight excluding hydrogens is 514 g/mol. The fourth-order valence-corrected chi connectivity index (χ4v) is 6.76. The molecule has 38 heavy (non-hydrogen) atoms. The van der Waals surface area contributed by atoms with E-state index in [-0.39, 0.29) is 23.7 Å². The third-order valence-electron chi connectivity index (χ3n) is 7.07. The Labute approximate surface area is 233 Å². The summed E-state index contributed by atoms with van der Waals surface area (Å²) < 4.78 is 8.32. The first-order valence-electron chi connectivity index (χ1n) is 13.2. The lowest BCUT2D eigenvalue weighted by atomic mass is 10.0. The van der Waals surface area contributed by atoms with E-state index in [1.54, 1.807) is 15.5 Å². The number of rotatable bonds is 7. The van der Waals surface area contributed by atoms with Gasteiger partial charge in [-0.15, -0.1) is 0 Å². The quantitative estimate of drug-likeness (QED) is 0.289. The van der Waals surface area contributed by atoms with Crippen LogP contribution in [0.25, 0.3) is 17.0 Å². The Hall–Kier alpha value is -2.94. The molecular formula is C30H33N3O3S2. The summed E-state index contributed by atoms with van der Waals surface area (Å²) in [5, 5.41) is 1.000. The Morgan fingerprint density at radius 1 is 1.03 bits per heavy atom. The van der Waals surface area contributed by atoms with Gasteiger partial charge in [-0.1, -0.05) is 72.5 Å². The van der Waals surface area contributed by atoms with Crippen molar-refractivity contribution in [3.05, 3.63) is 81.0 Å². The number of hydrogen-bond acceptors (Lipinski definition) is 6. The predicted octanol–water partition coefficient (Wildman–Crippen LogP) is 5.47. The first kappa shape index (κ1) is 26.7. The second-order valence-corrected chi connectivity index (χ2v) is 11.6. The molecule has 3 aromatic rings. The molecule has 2 atom stereocenters. The molecule has 2 aliphatic heterocycles. The average Bonchev–Trinajstić information content (AvgIpc) is 3.16. The number of nitrogens with zero attached hydrogens (tertiary/aromatic N) is 3. The van der Waals surface area contributed by atoms with Crippen LogP contribution in [0.1, 0.15) is 38.3 Å². The van der Waals surface area contributed by atoms with Crippen molar-refractivity contribution >= 4 is 56.9 Å². The fourth-order valence-electron chi connectivity index (χ4n) is 5.47. The average molecular weight is 548 g/mol. The van der Waals surface area contributed by atoms with Crippen LogP contribution in [-0.2, 0) is 22.5 Å². The van der Waals surface area contributed by atoms with E-state index < -0.39 is 0 Å². The molecule has 2 unspecified atom stereocenters. The van der Waals surface area contributed by atoms with Crippen LogP contribution >= 0.6 is 24.0 Å². The van der Waals surface area contributed by atoms with Gasteiger partial charge < -0.3 is 14.2 Å². The lowest BCUT2D eigenvalue weighted by molar-refractivity contribution is -0.122. The van der Waals surface area contributed by atoms with Crippen molar-refractivity contribution < 1.29 is 9.53 Å². The standard InChI is InChI=1S/C30H33N3O3S2/c1-4-32-25-15-9-8-14-23(25)27(31-18-20(2)36-21(3)19-31)24(28(32)34)17-26-29(35)33(30(37)38-26)16-10-13-22-11-6-5-7-12-22/h5-9,11-12,14-15,17,20-21H,4,10,13,16,18-19H2,1-3H3. The Kier molecular flexibility index (Phi) is 8.02. The minimum atomic E-state index is -0.127. The van der Waals surface area contributed by atoms with Gasteiger partial charge in [0, 0.05) is 31.6 Å². The summed E-state index contributed by atoms with van der Waals surface area (Å²) in [6.45, 7) is 8.52. The number of pyridine rings is 1. The number of hydrogen-bond donors (Lipinski definition) is 0. The van der Waals surface area contributed by atoms with Gasteiger partial charge in [0.15, 0.2) is 0 Å². The molecule has 6 nitrogen and oxygen atoms in total. The van der Waals surface area contributed by atoms with Crippen LogP contribution in [0.5, 0.6) is 0 Å². The molecule has 198 valence electrons. The Bertz CT molecular complexity index is 1440. The third kappa shape index (κ3) is 5.30. The van der Waals surface area contributed by atoms with Crippen molar-refractivity contribution in [2.45, 2.75) is 52.4 Å². The van der Waals surface area contributed by atoms with Gasteiger partial charge in [0.2, 0.25) is 0 Å². The van der Waals surface area contributed by atoms with E-state index in [0.29, 0.717) is 41.0 Å². The molecule has 1 aromatic heterocycles. The highest BCUT2D eigenvalue weighted by atomic mass is 32.2. The number of thiocarbonyl (C=S) groups is 1. The maximum atomic E-state index is 13.9. The lowest BCUT2D eigenvalue weighted by Gasteiger charge is -2.38. The normalized spacial score (nSPS) is 21.2. The van der Waals surface area contributed by atoms with Crippen LogP contribution in [0, 0.1) is 0 Å². The molecule has 0 radical (unpaired) electrons. The molecule has 0 spiro atoms. The van der Waals surface area contributed by atoms with Crippen LogP contribution in [0.3, 0.4) is 0 Å². The number of amides is 1. The lowest BCUT2D eigenvalue weighted by Crippen LogP contribution is -2.46. The summed E-state index contributed by atoms with van der Waals surface area (Å²) in [4.78, 5) is 31.8. The molecule has 0 bridgehead atoms. The van der Waals surface area contributed by atoms with E-state index in [9.17, 15) is 9.59 Å². The van der Waals surface area contributed by atoms with Crippen LogP contribution in [-0.4, -0.2) is 51.5 Å². The van der Waals surface area contributed by atoms with Crippen molar-refractivity contribution in [1.82, 2.24) is 9.47 Å². The maximum Gasteiger partial charge on any atom is 0.266 e. The molecule has 8 heteroatoms. The van der Waals surface area contributed by atoms with Gasteiger partial charge in [0.25, 0.3) is 11.5 Å². The van der Waals surface area contributed by atoms with Crippen molar-refractivity contribution in [2.24, 2.45) is 0 Å². The zero-order valence-corrected chi connectivity index (χ0v) is 23.7. The molecule has 0 N–H and O–H groups in total. The number of thioether (sulfide) groups is 1. The molecule has 2 fully saturated rings. The first-order valence-corrected chi connectivity index (χ1v) is 14.4. The highest BCUT2D eigenvalue weighted by Gasteiger charge is 2.33. The number of anilines is 1. The van der Waals surface area contributed by atoms with Crippen LogP contribution in [0.15, 0.2) is 64.3 Å². The smallest absolute Gasteiger partial charge is 0.266 e. The number of aromatic nitrogens is 1. The molecule has 0 aliphatic carbocycles. The number of para-hydroxylation sites is 1. The number of fused-ring (bicyclic) bond motifs is 1. The first-order chi connectivity index (χ1) is 18.4. The molecule has 5 rings (SSSR count). The molecule has 1 amide bonds. The third-order valence-corrected chi connectivity index (χ3v) is 8.45. The zero-order chi connectivity index (χ0) is 26.8. The van der Waals surface area contributed by atoms with E-state index >= 15 is 0 Å². The van der Waals surface area contributed by atoms with Gasteiger partial charge in [-0.25, -0.2) is 0 Å². The van der Waals surface area contributed by atoms with Crippen LogP contribution < -0.4 is 10.5 Å². The minimum Gasteiger partial charge on any atom is -0.372 e. The Morgan fingerprint density at radius 3 is 2.42 bits per heavy atom. The van der Waals surface area contributed by atoms with Crippen molar-refractivity contribution in [1.29, 1.82) is 0 Å². The summed E-state index contributed by atoms with van der Waals surface area (Å²) in [6, 6.07) is 18.3. The van der Waals surface area contributed by atoms with Gasteiger partial charge in [-0.05, 0) is 51.3 Å². The number of benzene rings is 2. The number of ether oxygens (including phenoxy) is 1. The molecule has 2 aliphatic rings. The van der Waals surface area contributed by atoms with Gasteiger partial charge >= 0.3 is 0 Å². The monoisotopic (exact) mass is 547 g/mol. The number of aryl methyl sites for hydroxylation is 2. The predicted molar refractivity (Wildman–Crippen MR) is 161 cm³/mol. The van der Waals surface area contributed by atoms with Crippen molar-refractivity contribution in [3.8, 4) is 0 Å². The minimum absolute atomic E-state index is 0.0294. The number of carbonyl (C=O) groups excluding carboxylic acids is 1. The van der Waals surface area contributed by atoms with Gasteiger partial charge in [0.05, 0.1) is 33.9 Å². The van der Waals surface area contributed by atoms with E-state index in [0.717, 1.165) is 29.4 Å². The molecule has 2 aromatic carbocycles. The molecule has 3 heterocycles. The number of morpholine rings is 1. The highest BCUT2D eigenvalue weighted by molar-refractivity contribution is 8.26. The maximum absolute atomic E-state index is 13.9. The van der Waals surface area contributed by atoms with E-state index in [1.807, 2.05) is 43.3 Å². The van der Waals surface area contributed by atoms with Crippen LogP contribution in [0.4, 0.5) is 5.69 Å². The largest absolute Gasteiger partial charge is 0.372 e. The highest BCUT2D eigenvalue weighted by Crippen LogP contribution is 2.37. The van der Waals surface area contributed by atoms with Crippen LogP contribution in [0.2, 0.25) is 0 Å². The van der Waals surface area contributed by atoms with Crippen molar-refractivity contribution in [3.63, 3.8) is 0 Å². The Balaban J connectivity index is 1.53. The second kappa shape index (κ2) is 11.4. The topological polar surface area (TPSA) is 54.8 Å². The SMILES string of the molecule is CCn1c(=O)c(C=C2SC(=S)N(CCCc3ccccc3)C2=O)c(N2CC(C)OC(C)C2)c2ccccc21. The van der Waals surface area contributed by atoms with Gasteiger partial charge in [-0.2, -0.15) is 0 Å². The van der Waals surface area contributed by atoms with Gasteiger partial charge in [0.1, 0.15) is 4.32 Å². The summed E-state index contributed by atoms with van der Waals surface area (Å²) in [6.07, 6.45) is 3.53. The van der Waals surface area contributed by atoms with Crippen molar-refractivity contribution in [2.75, 3.05) is 24.5 Å². The molecule has 0 saturated carbocycles. The zero-order valence-electron chi connectivity index (χ0n) is 22.1. The summed E-state index contributed by atoms with van der Waals surface area (Å²) >= 11 is 6.89. The summed E-state index contributed by atoms with van der Waals surface area (Å²) in [5.74, 6) is -0.127. The second-order valence-electron chi connectivity index (χ2n) is 9.91. The van der Waals surface area contributed by atoms with Gasteiger partial charge in [-0.3, -0.25) is 14.5 Å². The fraction of sp³-hybridized carbons (Fsp3) is 0.367. The summed E-state index contributed by atoms with van der Waals surface area (Å²) in [7, 11) is 0. The summed E-state index contributed by atoms with van der Waals surface area (Å²) in [5.41, 5.74) is 3.45. The Morgan fingerprint density at radius 2 is 1.71 bits per heavy atom. The van der Waals surface area contributed by atoms with E-state index in [4.69, 9.17) is 17.0 Å². The molecule has 2 saturated heterocycles. The van der Waals surface area contributed by atoms with E-state index in [1.165, 1.54) is 17.3 Å². The van der Waals surface area contributed by atoms with E-state index in [2.05, 4.69) is 36.9 Å². The number of carbonyl (C=O) groups is 1.